The number of anilines is 1. The Morgan fingerprint density at radius 2 is 1.91 bits per heavy atom. The van der Waals surface area contributed by atoms with Crippen LogP contribution >= 0.6 is 0 Å². The number of hydrogen-bond donors (Lipinski definition) is 0. The van der Waals surface area contributed by atoms with Crippen LogP contribution in [0.2, 0.25) is 0 Å². The number of nitro groups is 1. The van der Waals surface area contributed by atoms with Crippen molar-refractivity contribution in [3.05, 3.63) is 33.9 Å². The molecule has 0 bridgehead atoms. The van der Waals surface area contributed by atoms with Crippen LogP contribution in [0.4, 0.5) is 16.2 Å². The third kappa shape index (κ3) is 4.94. The van der Waals surface area contributed by atoms with Crippen LogP contribution in [0.3, 0.4) is 0 Å². The highest BCUT2D eigenvalue weighted by Crippen LogP contribution is 2.29. The summed E-state index contributed by atoms with van der Waals surface area (Å²) in [4.78, 5) is 35.3. The molecule has 0 saturated heterocycles. The van der Waals surface area contributed by atoms with Gasteiger partial charge in [0.1, 0.15) is 11.3 Å². The van der Waals surface area contributed by atoms with Gasteiger partial charge in [-0.05, 0) is 39.8 Å². The minimum atomic E-state index is -0.732. The highest BCUT2D eigenvalue weighted by Gasteiger charge is 2.27. The Morgan fingerprint density at radius 1 is 1.30 bits per heavy atom. The molecule has 1 rings (SSSR count). The molecule has 8 heteroatoms. The number of amides is 1. The predicted octanol–water partition coefficient (Wildman–Crippen LogP) is 3.14. The molecule has 0 saturated carbocycles. The second-order valence-corrected chi connectivity index (χ2v) is 5.72. The summed E-state index contributed by atoms with van der Waals surface area (Å²) in [6.07, 6.45) is -0.732. The van der Waals surface area contributed by atoms with Gasteiger partial charge in [0.25, 0.3) is 5.69 Å². The fourth-order valence-electron chi connectivity index (χ4n) is 1.72. The minimum Gasteiger partial charge on any atom is -0.462 e. The first-order chi connectivity index (χ1) is 10.6. The van der Waals surface area contributed by atoms with Crippen molar-refractivity contribution >= 4 is 23.4 Å². The van der Waals surface area contributed by atoms with Gasteiger partial charge < -0.3 is 9.47 Å². The molecule has 0 unspecified atom stereocenters. The Balaban J connectivity index is 3.18. The Labute approximate surface area is 134 Å². The first-order valence-electron chi connectivity index (χ1n) is 6.99. The molecule has 1 aromatic rings. The van der Waals surface area contributed by atoms with Gasteiger partial charge in [-0.2, -0.15) is 0 Å². The lowest BCUT2D eigenvalue weighted by Crippen LogP contribution is -2.34. The molecule has 0 aromatic heterocycles. The SMILES string of the molecule is CCOC(=O)c1ccc(N(C)C(=O)OC(C)(C)C)c([N+](=O)[O-])c1. The number of carbonyl (C=O) groups excluding carboxylic acids is 2. The predicted molar refractivity (Wildman–Crippen MR) is 83.7 cm³/mol. The van der Waals surface area contributed by atoms with Crippen molar-refractivity contribution in [1.82, 2.24) is 0 Å². The molecular formula is C15H20N2O6. The summed E-state index contributed by atoms with van der Waals surface area (Å²) in [6, 6.07) is 3.75. The molecule has 8 nitrogen and oxygen atoms in total. The zero-order chi connectivity index (χ0) is 17.8. The van der Waals surface area contributed by atoms with E-state index in [0.717, 1.165) is 11.0 Å². The molecule has 0 spiro atoms. The first-order valence-corrected chi connectivity index (χ1v) is 6.99. The maximum Gasteiger partial charge on any atom is 0.414 e. The molecule has 0 atom stereocenters. The van der Waals surface area contributed by atoms with Crippen molar-refractivity contribution in [2.75, 3.05) is 18.6 Å². The van der Waals surface area contributed by atoms with Crippen molar-refractivity contribution in [3.8, 4) is 0 Å². The van der Waals surface area contributed by atoms with E-state index in [1.165, 1.54) is 19.2 Å². The van der Waals surface area contributed by atoms with Gasteiger partial charge in [-0.1, -0.05) is 0 Å². The molecule has 0 aliphatic carbocycles. The van der Waals surface area contributed by atoms with Gasteiger partial charge >= 0.3 is 12.1 Å². The van der Waals surface area contributed by atoms with Gasteiger partial charge in [-0.25, -0.2) is 9.59 Å². The van der Waals surface area contributed by atoms with E-state index in [2.05, 4.69) is 0 Å². The number of nitro benzene ring substituents is 1. The van der Waals surface area contributed by atoms with Gasteiger partial charge in [0.05, 0.1) is 17.1 Å². The van der Waals surface area contributed by atoms with E-state index in [0.29, 0.717) is 0 Å². The highest BCUT2D eigenvalue weighted by molar-refractivity contribution is 5.94. The number of rotatable bonds is 4. The smallest absolute Gasteiger partial charge is 0.414 e. The van der Waals surface area contributed by atoms with Gasteiger partial charge in [-0.3, -0.25) is 15.0 Å². The van der Waals surface area contributed by atoms with Gasteiger partial charge in [0, 0.05) is 13.1 Å². The fourth-order valence-corrected chi connectivity index (χ4v) is 1.72. The molecule has 23 heavy (non-hydrogen) atoms. The topological polar surface area (TPSA) is 99.0 Å². The molecule has 1 aromatic carbocycles. The summed E-state index contributed by atoms with van der Waals surface area (Å²) >= 11 is 0. The lowest BCUT2D eigenvalue weighted by atomic mass is 10.1. The van der Waals surface area contributed by atoms with Gasteiger partial charge in [0.15, 0.2) is 0 Å². The lowest BCUT2D eigenvalue weighted by Gasteiger charge is -2.24. The Bertz CT molecular complexity index is 621. The Kier molecular flexibility index (Phi) is 5.67. The number of nitrogens with zero attached hydrogens (tertiary/aromatic N) is 2. The summed E-state index contributed by atoms with van der Waals surface area (Å²) in [5.74, 6) is -0.665. The normalized spacial score (nSPS) is 10.8. The standard InChI is InChI=1S/C15H20N2O6/c1-6-22-13(18)10-7-8-11(12(9-10)17(20)21)16(5)14(19)23-15(2,3)4/h7-9H,6H2,1-5H3. The van der Waals surface area contributed by atoms with Crippen LogP contribution in [0.25, 0.3) is 0 Å². The van der Waals surface area contributed by atoms with Gasteiger partial charge in [-0.15, -0.1) is 0 Å². The summed E-state index contributed by atoms with van der Waals surface area (Å²) in [5, 5.41) is 11.2. The highest BCUT2D eigenvalue weighted by atomic mass is 16.6. The van der Waals surface area contributed by atoms with Crippen LogP contribution in [0.15, 0.2) is 18.2 Å². The Hall–Kier alpha value is -2.64. The maximum atomic E-state index is 12.0. The number of esters is 1. The van der Waals surface area contributed by atoms with E-state index >= 15 is 0 Å². The van der Waals surface area contributed by atoms with Crippen LogP contribution in [-0.4, -0.2) is 36.2 Å². The van der Waals surface area contributed by atoms with Crippen molar-refractivity contribution in [3.63, 3.8) is 0 Å². The van der Waals surface area contributed by atoms with E-state index in [1.54, 1.807) is 27.7 Å². The molecule has 0 radical (unpaired) electrons. The molecule has 0 heterocycles. The molecule has 126 valence electrons. The second-order valence-electron chi connectivity index (χ2n) is 5.72. The van der Waals surface area contributed by atoms with Gasteiger partial charge in [0.2, 0.25) is 0 Å². The summed E-state index contributed by atoms with van der Waals surface area (Å²) in [7, 11) is 1.36. The number of hydrogen-bond acceptors (Lipinski definition) is 6. The van der Waals surface area contributed by atoms with Crippen LogP contribution in [0.1, 0.15) is 38.1 Å². The molecule has 0 aliphatic rings. The maximum absolute atomic E-state index is 12.0. The van der Waals surface area contributed by atoms with Crippen LogP contribution in [-0.2, 0) is 9.47 Å². The average Bonchev–Trinajstić information content (AvgIpc) is 2.44. The molecule has 1 amide bonds. The second kappa shape index (κ2) is 7.08. The fraction of sp³-hybridized carbons (Fsp3) is 0.467. The zero-order valence-electron chi connectivity index (χ0n) is 13.8. The van der Waals surface area contributed by atoms with Crippen molar-refractivity contribution < 1.29 is 24.0 Å². The Morgan fingerprint density at radius 3 is 2.39 bits per heavy atom. The van der Waals surface area contributed by atoms with E-state index in [9.17, 15) is 19.7 Å². The van der Waals surface area contributed by atoms with E-state index in [-0.39, 0.29) is 23.5 Å². The molecule has 0 fully saturated rings. The zero-order valence-corrected chi connectivity index (χ0v) is 13.8. The number of benzene rings is 1. The number of ether oxygens (including phenoxy) is 2. The summed E-state index contributed by atoms with van der Waals surface area (Å²) in [5.41, 5.74) is -1.05. The minimum absolute atomic E-state index is 0.0253. The largest absolute Gasteiger partial charge is 0.462 e. The van der Waals surface area contributed by atoms with Crippen molar-refractivity contribution in [2.24, 2.45) is 0 Å². The number of carbonyl (C=O) groups is 2. The first kappa shape index (κ1) is 18.4. The van der Waals surface area contributed by atoms with Crippen molar-refractivity contribution in [2.45, 2.75) is 33.3 Å². The summed E-state index contributed by atoms with van der Waals surface area (Å²) < 4.78 is 9.99. The van der Waals surface area contributed by atoms with Crippen LogP contribution in [0.5, 0.6) is 0 Å². The quantitative estimate of drug-likeness (QED) is 0.479. The molecule has 0 N–H and O–H groups in total. The molecule has 0 aliphatic heterocycles. The molecular weight excluding hydrogens is 304 g/mol. The summed E-state index contributed by atoms with van der Waals surface area (Å²) in [6.45, 7) is 6.87. The van der Waals surface area contributed by atoms with E-state index in [4.69, 9.17) is 9.47 Å². The average molecular weight is 324 g/mol. The third-order valence-electron chi connectivity index (χ3n) is 2.71. The van der Waals surface area contributed by atoms with Crippen LogP contribution in [0, 0.1) is 10.1 Å². The monoisotopic (exact) mass is 324 g/mol. The van der Waals surface area contributed by atoms with Crippen LogP contribution < -0.4 is 4.90 Å². The lowest BCUT2D eigenvalue weighted by molar-refractivity contribution is -0.384. The van der Waals surface area contributed by atoms with E-state index < -0.39 is 22.6 Å². The van der Waals surface area contributed by atoms with Crippen molar-refractivity contribution in [1.29, 1.82) is 0 Å². The third-order valence-corrected chi connectivity index (χ3v) is 2.71. The van der Waals surface area contributed by atoms with E-state index in [1.807, 2.05) is 0 Å².